The lowest BCUT2D eigenvalue weighted by molar-refractivity contribution is -0.164. The van der Waals surface area contributed by atoms with Crippen LogP contribution in [0.5, 0.6) is 0 Å². The van der Waals surface area contributed by atoms with Gasteiger partial charge in [0, 0.05) is 13.1 Å². The van der Waals surface area contributed by atoms with E-state index in [1.54, 1.807) is 0 Å². The number of hydrogen-bond donors (Lipinski definition) is 0. The Hall–Kier alpha value is -1.06. The zero-order valence-corrected chi connectivity index (χ0v) is 12.4. The Morgan fingerprint density at radius 2 is 1.95 bits per heavy atom. The molecule has 0 radical (unpaired) electrons. The lowest BCUT2D eigenvalue weighted by atomic mass is 9.94. The topological polar surface area (TPSA) is 40.6 Å². The first kappa shape index (κ1) is 14.4. The molecule has 108 valence electrons. The largest absolute Gasteiger partial charge is 0.329 e. The molecule has 2 unspecified atom stereocenters. The van der Waals surface area contributed by atoms with E-state index in [-0.39, 0.29) is 23.9 Å². The highest BCUT2D eigenvalue weighted by atomic mass is 16.2. The molecule has 0 aromatic carbocycles. The smallest absolute Gasteiger partial charge is 0.246 e. The summed E-state index contributed by atoms with van der Waals surface area (Å²) in [5.74, 6) is 0.923. The fraction of sp³-hybridized carbons (Fsp3) is 0.867. The number of rotatable bonds is 4. The van der Waals surface area contributed by atoms with E-state index in [2.05, 4.69) is 13.8 Å². The Balaban J connectivity index is 2.16. The van der Waals surface area contributed by atoms with Crippen molar-refractivity contribution >= 4 is 11.8 Å². The van der Waals surface area contributed by atoms with Gasteiger partial charge in [0.2, 0.25) is 11.8 Å². The van der Waals surface area contributed by atoms with Crippen molar-refractivity contribution in [3.8, 4) is 0 Å². The predicted octanol–water partition coefficient (Wildman–Crippen LogP) is 2.03. The first-order valence-corrected chi connectivity index (χ1v) is 7.67. The molecule has 2 aliphatic heterocycles. The number of carbonyl (C=O) groups is 2. The van der Waals surface area contributed by atoms with Crippen molar-refractivity contribution in [2.45, 2.75) is 65.0 Å². The van der Waals surface area contributed by atoms with Gasteiger partial charge >= 0.3 is 0 Å². The highest BCUT2D eigenvalue weighted by Gasteiger charge is 2.45. The van der Waals surface area contributed by atoms with Gasteiger partial charge in [-0.15, -0.1) is 0 Å². The van der Waals surface area contributed by atoms with Crippen LogP contribution in [-0.4, -0.2) is 46.8 Å². The van der Waals surface area contributed by atoms with E-state index in [1.807, 2.05) is 16.7 Å². The average molecular weight is 266 g/mol. The fourth-order valence-corrected chi connectivity index (χ4v) is 3.18. The second-order valence-corrected chi connectivity index (χ2v) is 6.18. The van der Waals surface area contributed by atoms with E-state index >= 15 is 0 Å². The summed E-state index contributed by atoms with van der Waals surface area (Å²) in [6, 6.07) is -0.392. The van der Waals surface area contributed by atoms with Gasteiger partial charge in [0.15, 0.2) is 0 Å². The van der Waals surface area contributed by atoms with Crippen LogP contribution in [0.1, 0.15) is 52.9 Å². The van der Waals surface area contributed by atoms with Crippen molar-refractivity contribution < 1.29 is 9.59 Å². The van der Waals surface area contributed by atoms with Crippen LogP contribution in [-0.2, 0) is 9.59 Å². The third kappa shape index (κ3) is 2.77. The van der Waals surface area contributed by atoms with Crippen LogP contribution in [0.2, 0.25) is 0 Å². The van der Waals surface area contributed by atoms with Crippen LogP contribution in [0.4, 0.5) is 0 Å². The molecule has 2 rings (SSSR count). The first-order chi connectivity index (χ1) is 9.06. The number of piperazine rings is 1. The zero-order chi connectivity index (χ0) is 14.0. The molecule has 2 fully saturated rings. The molecule has 4 nitrogen and oxygen atoms in total. The number of hydrogen-bond acceptors (Lipinski definition) is 2. The maximum Gasteiger partial charge on any atom is 0.246 e. The van der Waals surface area contributed by atoms with Crippen molar-refractivity contribution in [3.05, 3.63) is 0 Å². The molecule has 0 aromatic rings. The van der Waals surface area contributed by atoms with Crippen LogP contribution in [0, 0.1) is 5.92 Å². The number of piperidine rings is 1. The second kappa shape index (κ2) is 5.93. The van der Waals surface area contributed by atoms with Gasteiger partial charge in [-0.25, -0.2) is 0 Å². The number of amides is 2. The summed E-state index contributed by atoms with van der Waals surface area (Å²) in [5, 5.41) is 0. The summed E-state index contributed by atoms with van der Waals surface area (Å²) in [5.41, 5.74) is 0. The predicted molar refractivity (Wildman–Crippen MR) is 74.6 cm³/mol. The van der Waals surface area contributed by atoms with Crippen molar-refractivity contribution in [3.63, 3.8) is 0 Å². The Bertz CT molecular complexity index is 354. The van der Waals surface area contributed by atoms with E-state index in [4.69, 9.17) is 0 Å². The number of nitrogens with zero attached hydrogens (tertiary/aromatic N) is 2. The van der Waals surface area contributed by atoms with Gasteiger partial charge in [-0.2, -0.15) is 0 Å². The minimum atomic E-state index is -0.222. The Morgan fingerprint density at radius 1 is 1.21 bits per heavy atom. The highest BCUT2D eigenvalue weighted by molar-refractivity contribution is 5.97. The van der Waals surface area contributed by atoms with E-state index < -0.39 is 0 Å². The van der Waals surface area contributed by atoms with Gasteiger partial charge in [0.25, 0.3) is 0 Å². The van der Waals surface area contributed by atoms with Crippen LogP contribution in [0.3, 0.4) is 0 Å². The fourth-order valence-electron chi connectivity index (χ4n) is 3.18. The quantitative estimate of drug-likeness (QED) is 0.781. The lowest BCUT2D eigenvalue weighted by Gasteiger charge is -2.47. The first-order valence-electron chi connectivity index (χ1n) is 7.67. The monoisotopic (exact) mass is 266 g/mol. The third-order valence-electron chi connectivity index (χ3n) is 4.35. The molecular weight excluding hydrogens is 240 g/mol. The summed E-state index contributed by atoms with van der Waals surface area (Å²) < 4.78 is 0. The van der Waals surface area contributed by atoms with Crippen LogP contribution >= 0.6 is 0 Å². The maximum absolute atomic E-state index is 12.6. The summed E-state index contributed by atoms with van der Waals surface area (Å²) in [6.07, 6.45) is 4.65. The van der Waals surface area contributed by atoms with Crippen LogP contribution in [0.25, 0.3) is 0 Å². The van der Waals surface area contributed by atoms with Gasteiger partial charge < -0.3 is 9.80 Å². The van der Waals surface area contributed by atoms with E-state index in [1.165, 1.54) is 0 Å². The Morgan fingerprint density at radius 3 is 2.58 bits per heavy atom. The van der Waals surface area contributed by atoms with Crippen LogP contribution < -0.4 is 0 Å². The highest BCUT2D eigenvalue weighted by Crippen LogP contribution is 2.27. The average Bonchev–Trinajstić information content (AvgIpc) is 2.41. The van der Waals surface area contributed by atoms with Crippen LogP contribution in [0.15, 0.2) is 0 Å². The summed E-state index contributed by atoms with van der Waals surface area (Å²) in [7, 11) is 0. The minimum absolute atomic E-state index is 0.170. The molecule has 0 bridgehead atoms. The van der Waals surface area contributed by atoms with E-state index in [0.717, 1.165) is 45.2 Å². The molecule has 2 atom stereocenters. The summed E-state index contributed by atoms with van der Waals surface area (Å²) in [6.45, 7) is 7.81. The molecular formula is C15H26N2O2. The Kier molecular flexibility index (Phi) is 4.48. The molecule has 0 aromatic heterocycles. The summed E-state index contributed by atoms with van der Waals surface area (Å²) in [4.78, 5) is 28.8. The molecule has 2 aliphatic rings. The number of fused-ring (bicyclic) bond motifs is 1. The normalized spacial score (nSPS) is 28.0. The van der Waals surface area contributed by atoms with Gasteiger partial charge in [-0.1, -0.05) is 20.8 Å². The maximum atomic E-state index is 12.6. The van der Waals surface area contributed by atoms with Crippen molar-refractivity contribution in [2.75, 3.05) is 13.1 Å². The van der Waals surface area contributed by atoms with Crippen molar-refractivity contribution in [2.24, 2.45) is 5.92 Å². The SMILES string of the molecule is CCC1C(=O)N2CCCCC2C(=O)N1CCC(C)C. The minimum Gasteiger partial charge on any atom is -0.329 e. The van der Waals surface area contributed by atoms with Crippen molar-refractivity contribution in [1.29, 1.82) is 0 Å². The van der Waals surface area contributed by atoms with E-state index in [9.17, 15) is 9.59 Å². The van der Waals surface area contributed by atoms with Gasteiger partial charge in [0.05, 0.1) is 0 Å². The van der Waals surface area contributed by atoms with Gasteiger partial charge in [0.1, 0.15) is 12.1 Å². The third-order valence-corrected chi connectivity index (χ3v) is 4.35. The standard InChI is InChI=1S/C15H26N2O2/c1-4-12-14(18)16-9-6-5-7-13(16)15(19)17(12)10-8-11(2)3/h11-13H,4-10H2,1-3H3. The molecule has 2 heterocycles. The molecule has 2 saturated heterocycles. The molecule has 0 spiro atoms. The van der Waals surface area contributed by atoms with E-state index in [0.29, 0.717) is 5.92 Å². The molecule has 2 amide bonds. The molecule has 0 N–H and O–H groups in total. The molecule has 0 saturated carbocycles. The van der Waals surface area contributed by atoms with Gasteiger partial charge in [-0.05, 0) is 38.0 Å². The Labute approximate surface area is 116 Å². The zero-order valence-electron chi connectivity index (χ0n) is 12.4. The molecule has 4 heteroatoms. The molecule has 19 heavy (non-hydrogen) atoms. The van der Waals surface area contributed by atoms with Gasteiger partial charge in [-0.3, -0.25) is 9.59 Å². The number of carbonyl (C=O) groups excluding carboxylic acids is 2. The second-order valence-electron chi connectivity index (χ2n) is 6.18. The lowest BCUT2D eigenvalue weighted by Crippen LogP contribution is -2.65. The van der Waals surface area contributed by atoms with Crippen molar-refractivity contribution in [1.82, 2.24) is 9.80 Å². The summed E-state index contributed by atoms with van der Waals surface area (Å²) >= 11 is 0. The molecule has 0 aliphatic carbocycles.